The van der Waals surface area contributed by atoms with Gasteiger partial charge in [-0.1, -0.05) is 18.2 Å². The van der Waals surface area contributed by atoms with Crippen LogP contribution in [0.2, 0.25) is 0 Å². The molecule has 0 saturated carbocycles. The first-order valence-corrected chi connectivity index (χ1v) is 7.88. The van der Waals surface area contributed by atoms with Crippen LogP contribution in [0.1, 0.15) is 26.7 Å². The van der Waals surface area contributed by atoms with Crippen LogP contribution in [-0.4, -0.2) is 49.6 Å². The summed E-state index contributed by atoms with van der Waals surface area (Å²) in [7, 11) is 2.02. The number of amides is 1. The van der Waals surface area contributed by atoms with Crippen LogP contribution in [0.25, 0.3) is 0 Å². The second kappa shape index (κ2) is 7.57. The summed E-state index contributed by atoms with van der Waals surface area (Å²) >= 11 is 0. The molecule has 1 heterocycles. The van der Waals surface area contributed by atoms with Gasteiger partial charge in [0.2, 0.25) is 5.91 Å². The van der Waals surface area contributed by atoms with Crippen LogP contribution in [0.3, 0.4) is 0 Å². The van der Waals surface area contributed by atoms with E-state index in [2.05, 4.69) is 24.1 Å². The smallest absolute Gasteiger partial charge is 0.241 e. The Bertz CT molecular complexity index is 439. The molecule has 0 aliphatic carbocycles. The number of carbonyl (C=O) groups is 1. The van der Waals surface area contributed by atoms with E-state index < -0.39 is 0 Å². The molecule has 1 amide bonds. The van der Waals surface area contributed by atoms with Gasteiger partial charge < -0.3 is 10.2 Å². The third-order valence-electron chi connectivity index (χ3n) is 4.17. The fourth-order valence-electron chi connectivity index (χ4n) is 2.97. The van der Waals surface area contributed by atoms with Crippen molar-refractivity contribution >= 4 is 11.6 Å². The zero-order chi connectivity index (χ0) is 15.2. The third kappa shape index (κ3) is 4.29. The Morgan fingerprint density at radius 3 is 2.43 bits per heavy atom. The Balaban J connectivity index is 1.97. The molecule has 0 aromatic heterocycles. The Kier molecular flexibility index (Phi) is 5.76. The molecular formula is C17H27N3O. The molecule has 0 unspecified atom stereocenters. The van der Waals surface area contributed by atoms with Gasteiger partial charge in [-0.25, -0.2) is 0 Å². The summed E-state index contributed by atoms with van der Waals surface area (Å²) in [4.78, 5) is 16.9. The summed E-state index contributed by atoms with van der Waals surface area (Å²) in [5.41, 5.74) is 0.989. The first-order valence-electron chi connectivity index (χ1n) is 7.88. The molecule has 1 aliphatic rings. The van der Waals surface area contributed by atoms with E-state index in [4.69, 9.17) is 0 Å². The third-order valence-corrected chi connectivity index (χ3v) is 4.17. The maximum Gasteiger partial charge on any atom is 0.241 e. The second-order valence-electron chi connectivity index (χ2n) is 6.03. The molecule has 4 nitrogen and oxygen atoms in total. The lowest BCUT2D eigenvalue weighted by Gasteiger charge is -2.34. The van der Waals surface area contributed by atoms with Crippen molar-refractivity contribution in [2.75, 3.05) is 31.6 Å². The highest BCUT2D eigenvalue weighted by Gasteiger charge is 2.24. The average Bonchev–Trinajstić information content (AvgIpc) is 2.49. The van der Waals surface area contributed by atoms with Gasteiger partial charge in [-0.2, -0.15) is 0 Å². The summed E-state index contributed by atoms with van der Waals surface area (Å²) in [6.07, 6.45) is 2.24. The zero-order valence-electron chi connectivity index (χ0n) is 13.4. The average molecular weight is 289 g/mol. The molecule has 0 atom stereocenters. The standard InChI is InChI=1S/C17H27N3O/c1-14(2)20(16-7-5-4-6-8-16)17(21)13-19-11-9-15(18-3)10-12-19/h4-8,14-15,18H,9-13H2,1-3H3. The molecule has 116 valence electrons. The predicted octanol–water partition coefficient (Wildman–Crippen LogP) is 2.11. The molecule has 1 N–H and O–H groups in total. The lowest BCUT2D eigenvalue weighted by Crippen LogP contribution is -2.48. The fraction of sp³-hybridized carbons (Fsp3) is 0.588. The zero-order valence-corrected chi connectivity index (χ0v) is 13.4. The van der Waals surface area contributed by atoms with Crippen LogP contribution >= 0.6 is 0 Å². The fourth-order valence-corrected chi connectivity index (χ4v) is 2.97. The van der Waals surface area contributed by atoms with E-state index in [1.165, 1.54) is 0 Å². The maximum atomic E-state index is 12.7. The normalized spacial score (nSPS) is 17.1. The van der Waals surface area contributed by atoms with Crippen LogP contribution in [0, 0.1) is 0 Å². The lowest BCUT2D eigenvalue weighted by atomic mass is 10.1. The maximum absolute atomic E-state index is 12.7. The first-order chi connectivity index (χ1) is 10.1. The van der Waals surface area contributed by atoms with Gasteiger partial charge >= 0.3 is 0 Å². The molecule has 1 aromatic rings. The van der Waals surface area contributed by atoms with Crippen LogP contribution in [-0.2, 0) is 4.79 Å². The number of anilines is 1. The monoisotopic (exact) mass is 289 g/mol. The highest BCUT2D eigenvalue weighted by molar-refractivity contribution is 5.95. The van der Waals surface area contributed by atoms with Gasteiger partial charge in [0.05, 0.1) is 6.54 Å². The number of hydrogen-bond acceptors (Lipinski definition) is 3. The van der Waals surface area contributed by atoms with E-state index in [0.717, 1.165) is 31.6 Å². The second-order valence-corrected chi connectivity index (χ2v) is 6.03. The van der Waals surface area contributed by atoms with E-state index in [0.29, 0.717) is 12.6 Å². The molecule has 21 heavy (non-hydrogen) atoms. The number of benzene rings is 1. The summed E-state index contributed by atoms with van der Waals surface area (Å²) in [6.45, 7) is 6.65. The van der Waals surface area contributed by atoms with Crippen molar-refractivity contribution in [2.24, 2.45) is 0 Å². The first kappa shape index (κ1) is 16.0. The van der Waals surface area contributed by atoms with Gasteiger partial charge in [-0.3, -0.25) is 9.69 Å². The Hall–Kier alpha value is -1.39. The summed E-state index contributed by atoms with van der Waals surface area (Å²) in [6, 6.07) is 10.7. The van der Waals surface area contributed by atoms with Crippen LogP contribution in [0.4, 0.5) is 5.69 Å². The van der Waals surface area contributed by atoms with Crippen molar-refractivity contribution in [3.63, 3.8) is 0 Å². The highest BCUT2D eigenvalue weighted by atomic mass is 16.2. The van der Waals surface area contributed by atoms with Crippen molar-refractivity contribution in [3.8, 4) is 0 Å². The molecule has 1 aromatic carbocycles. The van der Waals surface area contributed by atoms with Gasteiger partial charge in [-0.15, -0.1) is 0 Å². The van der Waals surface area contributed by atoms with E-state index in [9.17, 15) is 4.79 Å². The topological polar surface area (TPSA) is 35.6 Å². The molecule has 0 bridgehead atoms. The molecule has 1 aliphatic heterocycles. The van der Waals surface area contributed by atoms with Gasteiger partial charge in [0.15, 0.2) is 0 Å². The molecule has 4 heteroatoms. The van der Waals surface area contributed by atoms with Crippen molar-refractivity contribution < 1.29 is 4.79 Å². The SMILES string of the molecule is CNC1CCN(CC(=O)N(c2ccccc2)C(C)C)CC1. The van der Waals surface area contributed by atoms with E-state index in [1.54, 1.807) is 0 Å². The van der Waals surface area contributed by atoms with Gasteiger partial charge in [0.1, 0.15) is 0 Å². The minimum Gasteiger partial charge on any atom is -0.317 e. The highest BCUT2D eigenvalue weighted by Crippen LogP contribution is 2.18. The molecule has 1 saturated heterocycles. The number of nitrogens with zero attached hydrogens (tertiary/aromatic N) is 2. The number of para-hydroxylation sites is 1. The van der Waals surface area contributed by atoms with Gasteiger partial charge in [0.25, 0.3) is 0 Å². The van der Waals surface area contributed by atoms with Crippen molar-refractivity contribution in [1.82, 2.24) is 10.2 Å². The number of nitrogens with one attached hydrogen (secondary N) is 1. The van der Waals surface area contributed by atoms with Crippen LogP contribution in [0.15, 0.2) is 30.3 Å². The van der Waals surface area contributed by atoms with Crippen LogP contribution in [0.5, 0.6) is 0 Å². The molecule has 2 rings (SSSR count). The minimum atomic E-state index is 0.176. The largest absolute Gasteiger partial charge is 0.317 e. The molecular weight excluding hydrogens is 262 g/mol. The van der Waals surface area contributed by atoms with E-state index in [-0.39, 0.29) is 11.9 Å². The number of hydrogen-bond donors (Lipinski definition) is 1. The van der Waals surface area contributed by atoms with Gasteiger partial charge in [-0.05, 0) is 45.9 Å². The summed E-state index contributed by atoms with van der Waals surface area (Å²) < 4.78 is 0. The molecule has 0 radical (unpaired) electrons. The minimum absolute atomic E-state index is 0.176. The quantitative estimate of drug-likeness (QED) is 0.902. The molecule has 0 spiro atoms. The lowest BCUT2D eigenvalue weighted by molar-refractivity contribution is -0.120. The Morgan fingerprint density at radius 1 is 1.29 bits per heavy atom. The number of piperidine rings is 1. The van der Waals surface area contributed by atoms with Crippen molar-refractivity contribution in [2.45, 2.75) is 38.8 Å². The summed E-state index contributed by atoms with van der Waals surface area (Å²) in [5.74, 6) is 0.194. The van der Waals surface area contributed by atoms with Gasteiger partial charge in [0, 0.05) is 30.9 Å². The van der Waals surface area contributed by atoms with E-state index in [1.807, 2.05) is 42.3 Å². The number of carbonyl (C=O) groups excluding carboxylic acids is 1. The molecule has 1 fully saturated rings. The van der Waals surface area contributed by atoms with Crippen molar-refractivity contribution in [1.29, 1.82) is 0 Å². The number of likely N-dealkylation sites (tertiary alicyclic amines) is 1. The number of rotatable bonds is 5. The summed E-state index contributed by atoms with van der Waals surface area (Å²) in [5, 5.41) is 3.32. The van der Waals surface area contributed by atoms with E-state index >= 15 is 0 Å². The Labute approximate surface area is 128 Å². The van der Waals surface area contributed by atoms with Crippen molar-refractivity contribution in [3.05, 3.63) is 30.3 Å². The van der Waals surface area contributed by atoms with Crippen LogP contribution < -0.4 is 10.2 Å². The predicted molar refractivity (Wildman–Crippen MR) is 87.6 cm³/mol. The Morgan fingerprint density at radius 2 is 1.90 bits per heavy atom.